The molecule has 0 saturated heterocycles. The number of alkyl halides is 3. The smallest absolute Gasteiger partial charge is 0.387 e. The second kappa shape index (κ2) is 6.97. The first-order valence-corrected chi connectivity index (χ1v) is 6.91. The lowest BCUT2D eigenvalue weighted by atomic mass is 10.1. The average molecular weight is 345 g/mol. The third-order valence-corrected chi connectivity index (χ3v) is 3.38. The molecule has 1 aromatic heterocycles. The molecular weight excluding hydrogens is 333 g/mol. The van der Waals surface area contributed by atoms with Gasteiger partial charge in [0.15, 0.2) is 0 Å². The lowest BCUT2D eigenvalue weighted by molar-refractivity contribution is -0.141. The molecule has 0 aliphatic heterocycles. The van der Waals surface area contributed by atoms with E-state index in [-0.39, 0.29) is 12.1 Å². The maximum atomic E-state index is 12.4. The second-order valence-electron chi connectivity index (χ2n) is 4.68. The largest absolute Gasteiger partial charge is 0.433 e. The number of hydrogen-bond acceptors (Lipinski definition) is 3. The van der Waals surface area contributed by atoms with Gasteiger partial charge in [-0.2, -0.15) is 13.2 Å². The summed E-state index contributed by atoms with van der Waals surface area (Å²) in [7, 11) is 0. The lowest BCUT2D eigenvalue weighted by Gasteiger charge is -2.13. The molecule has 0 fully saturated rings. The highest BCUT2D eigenvalue weighted by atomic mass is 35.5. The maximum Gasteiger partial charge on any atom is 0.433 e. The number of nitrogens with zero attached hydrogens (tertiary/aromatic N) is 1. The van der Waals surface area contributed by atoms with Crippen LogP contribution in [0.15, 0.2) is 42.6 Å². The monoisotopic (exact) mass is 344 g/mol. The van der Waals surface area contributed by atoms with Crippen LogP contribution in [0.5, 0.6) is 0 Å². The van der Waals surface area contributed by atoms with Crippen LogP contribution in [0.1, 0.15) is 27.7 Å². The molecule has 2 aromatic rings. The topological polar surface area (TPSA) is 62.2 Å². The van der Waals surface area contributed by atoms with Crippen molar-refractivity contribution in [1.82, 2.24) is 10.3 Å². The van der Waals surface area contributed by atoms with Crippen LogP contribution in [-0.2, 0) is 6.18 Å². The Bertz CT molecular complexity index is 690. The first-order chi connectivity index (χ1) is 10.8. The van der Waals surface area contributed by atoms with Gasteiger partial charge in [-0.15, -0.1) is 0 Å². The van der Waals surface area contributed by atoms with Gasteiger partial charge in [0, 0.05) is 23.3 Å². The van der Waals surface area contributed by atoms with Gasteiger partial charge in [0.05, 0.1) is 11.7 Å². The minimum absolute atomic E-state index is 0.0376. The van der Waals surface area contributed by atoms with Crippen molar-refractivity contribution in [3.05, 3.63) is 64.4 Å². The first kappa shape index (κ1) is 17.2. The van der Waals surface area contributed by atoms with Crippen LogP contribution in [0.4, 0.5) is 13.2 Å². The van der Waals surface area contributed by atoms with Crippen LogP contribution in [-0.4, -0.2) is 22.5 Å². The fourth-order valence-corrected chi connectivity index (χ4v) is 2.10. The standard InChI is InChI=1S/C15H12ClF3N2O2/c16-11-4-2-1-3-10(11)12(22)8-21-14(23)9-5-6-13(20-7-9)15(17,18)19/h1-7,12,22H,8H2,(H,21,23). The van der Waals surface area contributed by atoms with Gasteiger partial charge >= 0.3 is 6.18 Å². The van der Waals surface area contributed by atoms with Crippen LogP contribution in [0.25, 0.3) is 0 Å². The first-order valence-electron chi connectivity index (χ1n) is 6.53. The number of pyridine rings is 1. The summed E-state index contributed by atoms with van der Waals surface area (Å²) in [6.45, 7) is -0.135. The van der Waals surface area contributed by atoms with E-state index in [1.165, 1.54) is 0 Å². The Morgan fingerprint density at radius 2 is 1.96 bits per heavy atom. The van der Waals surface area contributed by atoms with Crippen molar-refractivity contribution in [2.45, 2.75) is 12.3 Å². The summed E-state index contributed by atoms with van der Waals surface area (Å²) in [6, 6.07) is 8.34. The molecule has 1 amide bonds. The Morgan fingerprint density at radius 1 is 1.26 bits per heavy atom. The Kier molecular flexibility index (Phi) is 5.23. The Hall–Kier alpha value is -2.12. The van der Waals surface area contributed by atoms with E-state index in [4.69, 9.17) is 11.6 Å². The average Bonchev–Trinajstić information content (AvgIpc) is 2.52. The van der Waals surface area contributed by atoms with E-state index in [2.05, 4.69) is 10.3 Å². The molecule has 23 heavy (non-hydrogen) atoms. The minimum atomic E-state index is -4.56. The van der Waals surface area contributed by atoms with Crippen molar-refractivity contribution < 1.29 is 23.1 Å². The summed E-state index contributed by atoms with van der Waals surface area (Å²) in [5.41, 5.74) is -0.672. The molecule has 2 rings (SSSR count). The number of carbonyl (C=O) groups excluding carboxylic acids is 1. The molecule has 122 valence electrons. The number of aliphatic hydroxyl groups is 1. The molecule has 0 spiro atoms. The van der Waals surface area contributed by atoms with E-state index in [0.717, 1.165) is 18.3 Å². The molecule has 0 saturated carbocycles. The highest BCUT2D eigenvalue weighted by Gasteiger charge is 2.32. The molecule has 1 unspecified atom stereocenters. The summed E-state index contributed by atoms with van der Waals surface area (Å²) in [6.07, 6.45) is -4.76. The molecular formula is C15H12ClF3N2O2. The van der Waals surface area contributed by atoms with Gasteiger partial charge in [-0.1, -0.05) is 29.8 Å². The van der Waals surface area contributed by atoms with Crippen LogP contribution in [0, 0.1) is 0 Å². The number of rotatable bonds is 4. The van der Waals surface area contributed by atoms with E-state index in [9.17, 15) is 23.1 Å². The zero-order valence-electron chi connectivity index (χ0n) is 11.6. The molecule has 1 heterocycles. The number of carbonyl (C=O) groups is 1. The van der Waals surface area contributed by atoms with Crippen molar-refractivity contribution in [2.75, 3.05) is 6.54 Å². The van der Waals surface area contributed by atoms with Crippen molar-refractivity contribution in [3.63, 3.8) is 0 Å². The Morgan fingerprint density at radius 3 is 2.52 bits per heavy atom. The predicted molar refractivity (Wildman–Crippen MR) is 78.0 cm³/mol. The van der Waals surface area contributed by atoms with Gasteiger partial charge < -0.3 is 10.4 Å². The quantitative estimate of drug-likeness (QED) is 0.895. The summed E-state index contributed by atoms with van der Waals surface area (Å²) in [5.74, 6) is -0.641. The number of benzene rings is 1. The highest BCUT2D eigenvalue weighted by molar-refractivity contribution is 6.31. The van der Waals surface area contributed by atoms with Gasteiger partial charge in [0.1, 0.15) is 5.69 Å². The molecule has 4 nitrogen and oxygen atoms in total. The third kappa shape index (κ3) is 4.43. The number of aromatic nitrogens is 1. The fraction of sp³-hybridized carbons (Fsp3) is 0.200. The molecule has 0 bridgehead atoms. The zero-order chi connectivity index (χ0) is 17.0. The zero-order valence-corrected chi connectivity index (χ0v) is 12.4. The van der Waals surface area contributed by atoms with Gasteiger partial charge in [-0.25, -0.2) is 0 Å². The molecule has 8 heteroatoms. The van der Waals surface area contributed by atoms with E-state index in [0.29, 0.717) is 10.6 Å². The van der Waals surface area contributed by atoms with E-state index < -0.39 is 23.9 Å². The van der Waals surface area contributed by atoms with Gasteiger partial charge in [-0.3, -0.25) is 9.78 Å². The Labute approximate surface area is 134 Å². The number of nitrogens with one attached hydrogen (secondary N) is 1. The summed E-state index contributed by atoms with van der Waals surface area (Å²) in [4.78, 5) is 15.1. The minimum Gasteiger partial charge on any atom is -0.387 e. The van der Waals surface area contributed by atoms with Gasteiger partial charge in [-0.05, 0) is 18.2 Å². The van der Waals surface area contributed by atoms with Crippen molar-refractivity contribution >= 4 is 17.5 Å². The number of amides is 1. The summed E-state index contributed by atoms with van der Waals surface area (Å²) >= 11 is 5.92. The normalized spacial score (nSPS) is 12.7. The molecule has 0 radical (unpaired) electrons. The number of hydrogen-bond donors (Lipinski definition) is 2. The van der Waals surface area contributed by atoms with Gasteiger partial charge in [0.25, 0.3) is 5.91 Å². The lowest BCUT2D eigenvalue weighted by Crippen LogP contribution is -2.28. The van der Waals surface area contributed by atoms with Crippen LogP contribution in [0.2, 0.25) is 5.02 Å². The predicted octanol–water partition coefficient (Wildman–Crippen LogP) is 3.22. The van der Waals surface area contributed by atoms with Crippen LogP contribution in [0.3, 0.4) is 0 Å². The molecule has 0 aliphatic rings. The molecule has 2 N–H and O–H groups in total. The van der Waals surface area contributed by atoms with Crippen molar-refractivity contribution in [2.24, 2.45) is 0 Å². The maximum absolute atomic E-state index is 12.4. The van der Waals surface area contributed by atoms with Crippen molar-refractivity contribution in [3.8, 4) is 0 Å². The molecule has 0 aliphatic carbocycles. The fourth-order valence-electron chi connectivity index (χ4n) is 1.84. The third-order valence-electron chi connectivity index (χ3n) is 3.04. The van der Waals surface area contributed by atoms with E-state index >= 15 is 0 Å². The summed E-state index contributed by atoms with van der Waals surface area (Å²) in [5, 5.41) is 12.8. The Balaban J connectivity index is 1.98. The van der Waals surface area contributed by atoms with E-state index in [1.54, 1.807) is 24.3 Å². The summed E-state index contributed by atoms with van der Waals surface area (Å²) < 4.78 is 37.2. The SMILES string of the molecule is O=C(NCC(O)c1ccccc1Cl)c1ccc(C(F)(F)F)nc1. The van der Waals surface area contributed by atoms with E-state index in [1.807, 2.05) is 0 Å². The molecule has 1 atom stereocenters. The number of aliphatic hydroxyl groups excluding tert-OH is 1. The van der Waals surface area contributed by atoms with Gasteiger partial charge in [0.2, 0.25) is 0 Å². The highest BCUT2D eigenvalue weighted by Crippen LogP contribution is 2.27. The second-order valence-corrected chi connectivity index (χ2v) is 5.08. The number of halogens is 4. The van der Waals surface area contributed by atoms with Crippen LogP contribution >= 0.6 is 11.6 Å². The van der Waals surface area contributed by atoms with Crippen molar-refractivity contribution in [1.29, 1.82) is 0 Å². The molecule has 1 aromatic carbocycles. The van der Waals surface area contributed by atoms with Crippen LogP contribution < -0.4 is 5.32 Å².